The van der Waals surface area contributed by atoms with Crippen LogP contribution in [0.4, 0.5) is 13.2 Å². The molecule has 0 aliphatic carbocycles. The second-order valence-electron chi connectivity index (χ2n) is 11.0. The molecule has 10 heteroatoms. The van der Waals surface area contributed by atoms with Gasteiger partial charge in [-0.25, -0.2) is 4.79 Å². The number of rotatable bonds is 5. The van der Waals surface area contributed by atoms with Gasteiger partial charge in [-0.05, 0) is 87.7 Å². The van der Waals surface area contributed by atoms with Gasteiger partial charge in [-0.15, -0.1) is 0 Å². The number of carboxylic acid groups (broad SMARTS) is 1. The first-order valence-corrected chi connectivity index (χ1v) is 14.1. The summed E-state index contributed by atoms with van der Waals surface area (Å²) in [5.41, 5.74) is 7.17. The summed E-state index contributed by atoms with van der Waals surface area (Å²) in [4.78, 5) is 30.4. The molecule has 3 aromatic rings. The molecule has 3 N–H and O–H groups in total. The van der Waals surface area contributed by atoms with E-state index in [2.05, 4.69) is 60.1 Å². The number of amides is 1. The number of likely N-dealkylation sites (tertiary alicyclic amines) is 2. The highest BCUT2D eigenvalue weighted by Gasteiger charge is 2.38. The van der Waals surface area contributed by atoms with Crippen LogP contribution in [0.15, 0.2) is 42.5 Å². The molecule has 0 spiro atoms. The number of aliphatic carboxylic acids is 1. The van der Waals surface area contributed by atoms with Gasteiger partial charge in [0.2, 0.25) is 0 Å². The maximum Gasteiger partial charge on any atom is 0.490 e. The summed E-state index contributed by atoms with van der Waals surface area (Å²) in [6, 6.07) is 14.8. The zero-order valence-electron chi connectivity index (χ0n) is 23.5. The van der Waals surface area contributed by atoms with Gasteiger partial charge < -0.3 is 20.1 Å². The molecular weight excluding hydrogens is 535 g/mol. The lowest BCUT2D eigenvalue weighted by Crippen LogP contribution is -2.46. The predicted octanol–water partition coefficient (Wildman–Crippen LogP) is 5.78. The van der Waals surface area contributed by atoms with Crippen molar-refractivity contribution in [1.82, 2.24) is 14.8 Å². The second-order valence-corrected chi connectivity index (χ2v) is 11.0. The number of aromatic amines is 1. The van der Waals surface area contributed by atoms with E-state index in [4.69, 9.17) is 9.90 Å². The molecule has 1 aromatic heterocycles. The minimum absolute atomic E-state index is 0.0349. The molecule has 3 heterocycles. The van der Waals surface area contributed by atoms with Crippen molar-refractivity contribution in [2.45, 2.75) is 70.6 Å². The number of nitrogens with one attached hydrogen (secondary N) is 1. The molecule has 0 radical (unpaired) electrons. The molecule has 5 rings (SSSR count). The van der Waals surface area contributed by atoms with Gasteiger partial charge in [0.15, 0.2) is 0 Å². The van der Waals surface area contributed by atoms with Gasteiger partial charge in [-0.1, -0.05) is 36.4 Å². The molecule has 2 aromatic carbocycles. The molecule has 222 valence electrons. The lowest BCUT2D eigenvalue weighted by atomic mass is 9.84. The average Bonchev–Trinajstić information content (AvgIpc) is 3.31. The fourth-order valence-corrected chi connectivity index (χ4v) is 6.22. The van der Waals surface area contributed by atoms with Gasteiger partial charge in [0, 0.05) is 29.6 Å². The number of aromatic nitrogens is 1. The number of hydrogen-bond donors (Lipinski definition) is 3. The summed E-state index contributed by atoms with van der Waals surface area (Å²) in [6.07, 6.45) is 0.170. The predicted molar refractivity (Wildman–Crippen MR) is 151 cm³/mol. The molecule has 2 aliphatic rings. The Kier molecular flexibility index (Phi) is 9.76. The minimum atomic E-state index is -5.08. The van der Waals surface area contributed by atoms with Crippen LogP contribution in [0.3, 0.4) is 0 Å². The van der Waals surface area contributed by atoms with Crippen molar-refractivity contribution in [1.29, 1.82) is 0 Å². The number of carbonyl (C=O) groups is 2. The van der Waals surface area contributed by atoms with E-state index in [1.807, 2.05) is 11.0 Å². The molecule has 1 unspecified atom stereocenters. The van der Waals surface area contributed by atoms with Crippen molar-refractivity contribution in [3.05, 3.63) is 70.4 Å². The third-order valence-electron chi connectivity index (χ3n) is 8.29. The number of H-pyrrole nitrogens is 1. The summed E-state index contributed by atoms with van der Waals surface area (Å²) in [6.45, 7) is 8.08. The van der Waals surface area contributed by atoms with Gasteiger partial charge >= 0.3 is 12.1 Å². The third-order valence-corrected chi connectivity index (χ3v) is 8.29. The number of halogens is 3. The average molecular weight is 574 g/mol. The number of nitrogens with zero attached hydrogens (tertiary/aromatic N) is 2. The first-order valence-electron chi connectivity index (χ1n) is 14.1. The lowest BCUT2D eigenvalue weighted by Gasteiger charge is -2.35. The number of para-hydroxylation sites is 1. The summed E-state index contributed by atoms with van der Waals surface area (Å²) in [7, 11) is 0. The van der Waals surface area contributed by atoms with Gasteiger partial charge in [0.05, 0.1) is 12.6 Å². The molecular formula is C31H38F3N3O4. The molecule has 0 saturated carbocycles. The van der Waals surface area contributed by atoms with Crippen molar-refractivity contribution in [3.63, 3.8) is 0 Å². The standard InChI is InChI=1S/C29H37N3O2.C2HF3O2/c1-20-8-7-9-21(2)27(20)22-13-16-31(17-14-22)18-25-24-11-3-4-12-26(24)30-28(25)29(34)32-15-6-5-10-23(32)19-33;3-2(4,5)1(6)7/h3-4,7-9,11-12,22-23,30,33H,5-6,10,13-19H2,1-2H3;(H,6,7). The zero-order valence-corrected chi connectivity index (χ0v) is 23.5. The number of piperidine rings is 2. The van der Waals surface area contributed by atoms with Crippen LogP contribution in [0.5, 0.6) is 0 Å². The highest BCUT2D eigenvalue weighted by molar-refractivity contribution is 6.01. The van der Waals surface area contributed by atoms with Crippen LogP contribution in [-0.4, -0.2) is 75.3 Å². The van der Waals surface area contributed by atoms with E-state index in [0.717, 1.165) is 74.7 Å². The number of aliphatic hydroxyl groups excluding tert-OH is 1. The Bertz CT molecular complexity index is 1340. The van der Waals surface area contributed by atoms with Crippen molar-refractivity contribution >= 4 is 22.8 Å². The SMILES string of the molecule is Cc1cccc(C)c1C1CCN(Cc2c(C(=O)N3CCCCC3CO)[nH]c3ccccc23)CC1.O=C(O)C(F)(F)F. The number of aryl methyl sites for hydroxylation is 2. The Balaban J connectivity index is 0.000000493. The Morgan fingerprint density at radius 3 is 2.20 bits per heavy atom. The minimum Gasteiger partial charge on any atom is -0.475 e. The van der Waals surface area contributed by atoms with Gasteiger partial charge in [-0.3, -0.25) is 9.69 Å². The Hall–Kier alpha value is -3.37. The monoisotopic (exact) mass is 573 g/mol. The van der Waals surface area contributed by atoms with E-state index in [1.54, 1.807) is 0 Å². The van der Waals surface area contributed by atoms with Crippen LogP contribution >= 0.6 is 0 Å². The number of benzene rings is 2. The van der Waals surface area contributed by atoms with E-state index in [-0.39, 0.29) is 18.6 Å². The van der Waals surface area contributed by atoms with Crippen LogP contribution in [0, 0.1) is 13.8 Å². The molecule has 7 nitrogen and oxygen atoms in total. The normalized spacial score (nSPS) is 18.7. The van der Waals surface area contributed by atoms with Crippen molar-refractivity contribution < 1.29 is 33.0 Å². The largest absolute Gasteiger partial charge is 0.490 e. The topological polar surface area (TPSA) is 96.9 Å². The number of alkyl halides is 3. The maximum atomic E-state index is 13.7. The van der Waals surface area contributed by atoms with E-state index in [0.29, 0.717) is 11.6 Å². The molecule has 2 saturated heterocycles. The Morgan fingerprint density at radius 2 is 1.59 bits per heavy atom. The molecule has 41 heavy (non-hydrogen) atoms. The number of hydrogen-bond acceptors (Lipinski definition) is 4. The molecule has 2 aliphatic heterocycles. The smallest absolute Gasteiger partial charge is 0.475 e. The third kappa shape index (κ3) is 7.11. The van der Waals surface area contributed by atoms with Crippen LogP contribution in [0.1, 0.15) is 70.8 Å². The summed E-state index contributed by atoms with van der Waals surface area (Å²) < 4.78 is 31.7. The summed E-state index contributed by atoms with van der Waals surface area (Å²) in [5.74, 6) is -2.11. The van der Waals surface area contributed by atoms with Crippen molar-refractivity contribution in [3.8, 4) is 0 Å². The number of carbonyl (C=O) groups excluding carboxylic acids is 1. The highest BCUT2D eigenvalue weighted by Crippen LogP contribution is 2.34. The van der Waals surface area contributed by atoms with E-state index < -0.39 is 12.1 Å². The van der Waals surface area contributed by atoms with Gasteiger partial charge in [0.1, 0.15) is 5.69 Å². The maximum absolute atomic E-state index is 13.7. The zero-order chi connectivity index (χ0) is 29.7. The first-order chi connectivity index (χ1) is 19.5. The number of carboxylic acids is 1. The number of aliphatic hydroxyl groups is 1. The van der Waals surface area contributed by atoms with Gasteiger partial charge in [0.25, 0.3) is 5.91 Å². The molecule has 2 fully saturated rings. The van der Waals surface area contributed by atoms with Crippen LogP contribution in [0.2, 0.25) is 0 Å². The van der Waals surface area contributed by atoms with Crippen LogP contribution < -0.4 is 0 Å². The van der Waals surface area contributed by atoms with E-state index >= 15 is 0 Å². The fourth-order valence-electron chi connectivity index (χ4n) is 6.22. The van der Waals surface area contributed by atoms with E-state index in [9.17, 15) is 23.1 Å². The summed E-state index contributed by atoms with van der Waals surface area (Å²) >= 11 is 0. The Labute approximate surface area is 238 Å². The number of fused-ring (bicyclic) bond motifs is 1. The lowest BCUT2D eigenvalue weighted by molar-refractivity contribution is -0.192. The van der Waals surface area contributed by atoms with Crippen molar-refractivity contribution in [2.24, 2.45) is 0 Å². The van der Waals surface area contributed by atoms with Crippen LogP contribution in [-0.2, 0) is 11.3 Å². The summed E-state index contributed by atoms with van der Waals surface area (Å²) in [5, 5.41) is 18.1. The molecule has 0 bridgehead atoms. The molecule has 1 amide bonds. The fraction of sp³-hybridized carbons (Fsp3) is 0.484. The molecule has 1 atom stereocenters. The van der Waals surface area contributed by atoms with E-state index in [1.165, 1.54) is 16.7 Å². The van der Waals surface area contributed by atoms with Crippen LogP contribution in [0.25, 0.3) is 10.9 Å². The quantitative estimate of drug-likeness (QED) is 0.359. The second kappa shape index (κ2) is 13.1. The first kappa shape index (κ1) is 30.6. The highest BCUT2D eigenvalue weighted by atomic mass is 19.4. The van der Waals surface area contributed by atoms with Crippen molar-refractivity contribution in [2.75, 3.05) is 26.2 Å². The Morgan fingerprint density at radius 1 is 0.951 bits per heavy atom. The van der Waals surface area contributed by atoms with Gasteiger partial charge in [-0.2, -0.15) is 13.2 Å².